The molecule has 0 aliphatic carbocycles. The van der Waals surface area contributed by atoms with Crippen LogP contribution in [0.4, 0.5) is 8.78 Å². The highest BCUT2D eigenvalue weighted by molar-refractivity contribution is 5.22. The highest BCUT2D eigenvalue weighted by Crippen LogP contribution is 2.24. The van der Waals surface area contributed by atoms with Gasteiger partial charge >= 0.3 is 0 Å². The monoisotopic (exact) mass is 241 g/mol. The topological polar surface area (TPSA) is 12.0 Å². The number of benzene rings is 1. The molecule has 1 atom stereocenters. The Labute approximate surface area is 102 Å². The molecule has 0 saturated carbocycles. The fourth-order valence-corrected chi connectivity index (χ4v) is 1.90. The number of hydrogen-bond donors (Lipinski definition) is 1. The lowest BCUT2D eigenvalue weighted by Gasteiger charge is -2.20. The van der Waals surface area contributed by atoms with Crippen molar-refractivity contribution >= 4 is 0 Å². The van der Waals surface area contributed by atoms with E-state index in [0.29, 0.717) is 11.5 Å². The normalized spacial score (nSPS) is 13.1. The molecule has 0 aromatic heterocycles. The van der Waals surface area contributed by atoms with Crippen LogP contribution in [0.2, 0.25) is 0 Å². The van der Waals surface area contributed by atoms with E-state index in [2.05, 4.69) is 19.2 Å². The Morgan fingerprint density at radius 1 is 1.18 bits per heavy atom. The van der Waals surface area contributed by atoms with Crippen molar-refractivity contribution in [1.82, 2.24) is 5.32 Å². The number of hydrogen-bond acceptors (Lipinski definition) is 1. The Hall–Kier alpha value is -0.960. The Kier molecular flexibility index (Phi) is 5.56. The summed E-state index contributed by atoms with van der Waals surface area (Å²) in [6.45, 7) is 6.98. The van der Waals surface area contributed by atoms with Crippen LogP contribution in [0.15, 0.2) is 18.2 Å². The largest absolute Gasteiger partial charge is 0.310 e. The zero-order chi connectivity index (χ0) is 12.8. The molecule has 0 aliphatic rings. The molecule has 0 bridgehead atoms. The van der Waals surface area contributed by atoms with Gasteiger partial charge in [0.1, 0.15) is 0 Å². The maximum Gasteiger partial charge on any atom is 0.163 e. The van der Waals surface area contributed by atoms with E-state index in [0.717, 1.165) is 25.5 Å². The summed E-state index contributed by atoms with van der Waals surface area (Å²) in [6, 6.07) is 4.28. The first-order chi connectivity index (χ1) is 8.06. The van der Waals surface area contributed by atoms with Crippen LogP contribution in [0.1, 0.15) is 45.2 Å². The van der Waals surface area contributed by atoms with Crippen molar-refractivity contribution in [3.05, 3.63) is 35.4 Å². The smallest absolute Gasteiger partial charge is 0.163 e. The minimum Gasteiger partial charge on any atom is -0.310 e. The van der Waals surface area contributed by atoms with Gasteiger partial charge in [0, 0.05) is 11.6 Å². The zero-order valence-electron chi connectivity index (χ0n) is 10.8. The van der Waals surface area contributed by atoms with Gasteiger partial charge in [0.2, 0.25) is 0 Å². The van der Waals surface area contributed by atoms with E-state index in [9.17, 15) is 8.78 Å². The summed E-state index contributed by atoms with van der Waals surface area (Å²) in [7, 11) is 0. The Balaban J connectivity index is 2.85. The van der Waals surface area contributed by atoms with Gasteiger partial charge in [-0.05, 0) is 31.4 Å². The van der Waals surface area contributed by atoms with E-state index in [1.807, 2.05) is 6.92 Å². The second-order valence-electron chi connectivity index (χ2n) is 4.72. The van der Waals surface area contributed by atoms with Crippen LogP contribution in [0.5, 0.6) is 0 Å². The molecule has 0 radical (unpaired) electrons. The highest BCUT2D eigenvalue weighted by atomic mass is 19.2. The third-order valence-corrected chi connectivity index (χ3v) is 2.84. The third kappa shape index (κ3) is 4.08. The summed E-state index contributed by atoms with van der Waals surface area (Å²) >= 11 is 0. The van der Waals surface area contributed by atoms with Crippen molar-refractivity contribution in [3.8, 4) is 0 Å². The van der Waals surface area contributed by atoms with E-state index in [4.69, 9.17) is 0 Å². The van der Waals surface area contributed by atoms with Crippen LogP contribution < -0.4 is 5.32 Å². The predicted molar refractivity (Wildman–Crippen MR) is 66.8 cm³/mol. The molecule has 0 saturated heterocycles. The third-order valence-electron chi connectivity index (χ3n) is 2.84. The lowest BCUT2D eigenvalue weighted by molar-refractivity contribution is 0.421. The van der Waals surface area contributed by atoms with E-state index >= 15 is 0 Å². The average molecular weight is 241 g/mol. The van der Waals surface area contributed by atoms with Crippen LogP contribution in [-0.4, -0.2) is 6.54 Å². The summed E-state index contributed by atoms with van der Waals surface area (Å²) in [4.78, 5) is 0. The summed E-state index contributed by atoms with van der Waals surface area (Å²) < 4.78 is 26.9. The minimum atomic E-state index is -0.769. The van der Waals surface area contributed by atoms with Crippen LogP contribution >= 0.6 is 0 Å². The van der Waals surface area contributed by atoms with Crippen molar-refractivity contribution in [1.29, 1.82) is 0 Å². The predicted octanol–water partition coefficient (Wildman–Crippen LogP) is 4.05. The standard InChI is InChI=1S/C14H21F2N/c1-4-17-13(9-8-10(2)3)11-6-5-7-12(15)14(11)16/h5-7,10,13,17H,4,8-9H2,1-3H3. The van der Waals surface area contributed by atoms with Crippen molar-refractivity contribution in [2.45, 2.75) is 39.7 Å². The van der Waals surface area contributed by atoms with Crippen molar-refractivity contribution < 1.29 is 8.78 Å². The molecule has 1 unspecified atom stereocenters. The average Bonchev–Trinajstić information content (AvgIpc) is 2.28. The summed E-state index contributed by atoms with van der Waals surface area (Å²) in [5, 5.41) is 3.22. The maximum absolute atomic E-state index is 13.7. The Morgan fingerprint density at radius 2 is 1.88 bits per heavy atom. The van der Waals surface area contributed by atoms with Gasteiger partial charge in [0.05, 0.1) is 0 Å². The molecule has 1 aromatic carbocycles. The van der Waals surface area contributed by atoms with Gasteiger partial charge in [-0.15, -0.1) is 0 Å². The Morgan fingerprint density at radius 3 is 2.47 bits per heavy atom. The second-order valence-corrected chi connectivity index (χ2v) is 4.72. The van der Waals surface area contributed by atoms with Gasteiger partial charge in [-0.25, -0.2) is 8.78 Å². The molecule has 0 spiro atoms. The molecule has 3 heteroatoms. The molecule has 1 aromatic rings. The van der Waals surface area contributed by atoms with Gasteiger partial charge < -0.3 is 5.32 Å². The number of nitrogens with one attached hydrogen (secondary N) is 1. The van der Waals surface area contributed by atoms with E-state index in [1.165, 1.54) is 0 Å². The van der Waals surface area contributed by atoms with E-state index < -0.39 is 11.6 Å². The molecule has 1 rings (SSSR count). The van der Waals surface area contributed by atoms with Crippen LogP contribution in [0.3, 0.4) is 0 Å². The first-order valence-corrected chi connectivity index (χ1v) is 6.23. The molecule has 1 nitrogen and oxygen atoms in total. The summed E-state index contributed by atoms with van der Waals surface area (Å²) in [6.07, 6.45) is 1.82. The highest BCUT2D eigenvalue weighted by Gasteiger charge is 2.17. The molecule has 96 valence electrons. The molecule has 1 N–H and O–H groups in total. The van der Waals surface area contributed by atoms with Crippen LogP contribution in [0, 0.1) is 17.6 Å². The number of halogens is 2. The summed E-state index contributed by atoms with van der Waals surface area (Å²) in [5.41, 5.74) is 0.438. The van der Waals surface area contributed by atoms with Gasteiger partial charge in [-0.1, -0.05) is 32.9 Å². The molecule has 0 heterocycles. The van der Waals surface area contributed by atoms with Gasteiger partial charge in [0.15, 0.2) is 11.6 Å². The fourth-order valence-electron chi connectivity index (χ4n) is 1.90. The van der Waals surface area contributed by atoms with Crippen LogP contribution in [0.25, 0.3) is 0 Å². The van der Waals surface area contributed by atoms with Crippen molar-refractivity contribution in [3.63, 3.8) is 0 Å². The van der Waals surface area contributed by atoms with Crippen molar-refractivity contribution in [2.75, 3.05) is 6.54 Å². The van der Waals surface area contributed by atoms with Crippen molar-refractivity contribution in [2.24, 2.45) is 5.92 Å². The van der Waals surface area contributed by atoms with Gasteiger partial charge in [-0.3, -0.25) is 0 Å². The van der Waals surface area contributed by atoms with Gasteiger partial charge in [0.25, 0.3) is 0 Å². The van der Waals surface area contributed by atoms with E-state index in [-0.39, 0.29) is 6.04 Å². The molecular weight excluding hydrogens is 220 g/mol. The first kappa shape index (κ1) is 14.1. The maximum atomic E-state index is 13.7. The lowest BCUT2D eigenvalue weighted by atomic mass is 9.97. The molecule has 0 fully saturated rings. The summed E-state index contributed by atoms with van der Waals surface area (Å²) in [5.74, 6) is -0.926. The van der Waals surface area contributed by atoms with E-state index in [1.54, 1.807) is 12.1 Å². The molecular formula is C14H21F2N. The SMILES string of the molecule is CCNC(CCC(C)C)c1cccc(F)c1F. The molecule has 0 amide bonds. The Bertz CT molecular complexity index is 350. The quantitative estimate of drug-likeness (QED) is 0.792. The minimum absolute atomic E-state index is 0.0990. The first-order valence-electron chi connectivity index (χ1n) is 6.23. The van der Waals surface area contributed by atoms with Gasteiger partial charge in [-0.2, -0.15) is 0 Å². The second kappa shape index (κ2) is 6.70. The fraction of sp³-hybridized carbons (Fsp3) is 0.571. The number of rotatable bonds is 6. The molecule has 17 heavy (non-hydrogen) atoms. The molecule has 0 aliphatic heterocycles. The van der Waals surface area contributed by atoms with Crippen LogP contribution in [-0.2, 0) is 0 Å². The lowest BCUT2D eigenvalue weighted by Crippen LogP contribution is -2.22. The zero-order valence-corrected chi connectivity index (χ0v) is 10.8.